The standard InChI is InChI=1S/C21H19F9N2.C3H6O2/c1-2-15-9-18(16-8-12(19(22,23)24)3-4-17(16)32-15)31-10-11-5-13(20(25,26)27)7-14(6-11)21(28,29)30;1-2-5-3-4/h3-8,15,18,31-32H,2,9-10H2,1H3;3H,2H2,1H3. The normalized spacial score (nSPS) is 17.7. The molecule has 0 spiro atoms. The number of rotatable bonds is 6. The molecule has 13 heteroatoms. The van der Waals surface area contributed by atoms with Crippen molar-refractivity contribution in [1.29, 1.82) is 0 Å². The minimum atomic E-state index is -4.98. The molecule has 1 heterocycles. The van der Waals surface area contributed by atoms with Crippen LogP contribution in [0.2, 0.25) is 0 Å². The fourth-order valence-corrected chi connectivity index (χ4v) is 3.74. The van der Waals surface area contributed by atoms with Gasteiger partial charge in [-0.2, -0.15) is 39.5 Å². The molecule has 0 radical (unpaired) electrons. The fraction of sp³-hybridized carbons (Fsp3) is 0.458. The zero-order valence-electron chi connectivity index (χ0n) is 19.7. The molecule has 2 unspecified atom stereocenters. The van der Waals surface area contributed by atoms with E-state index >= 15 is 0 Å². The van der Waals surface area contributed by atoms with E-state index in [2.05, 4.69) is 15.4 Å². The third-order valence-electron chi connectivity index (χ3n) is 5.56. The highest BCUT2D eigenvalue weighted by atomic mass is 19.4. The molecule has 2 aromatic rings. The summed E-state index contributed by atoms with van der Waals surface area (Å²) < 4.78 is 122. The molecule has 2 atom stereocenters. The minimum Gasteiger partial charge on any atom is -0.468 e. The van der Waals surface area contributed by atoms with Crippen molar-refractivity contribution in [2.75, 3.05) is 11.9 Å². The molecule has 0 aromatic heterocycles. The van der Waals surface area contributed by atoms with Crippen molar-refractivity contribution >= 4 is 12.2 Å². The molecule has 3 rings (SSSR count). The van der Waals surface area contributed by atoms with Gasteiger partial charge in [-0.05, 0) is 67.3 Å². The minimum absolute atomic E-state index is 0.0338. The Morgan fingerprint density at radius 1 is 0.892 bits per heavy atom. The van der Waals surface area contributed by atoms with E-state index in [0.29, 0.717) is 43.7 Å². The lowest BCUT2D eigenvalue weighted by atomic mass is 9.90. The van der Waals surface area contributed by atoms with Gasteiger partial charge in [0.05, 0.1) is 23.3 Å². The van der Waals surface area contributed by atoms with Gasteiger partial charge in [0.2, 0.25) is 0 Å². The monoisotopic (exact) mass is 544 g/mol. The number of hydrogen-bond acceptors (Lipinski definition) is 4. The van der Waals surface area contributed by atoms with E-state index < -0.39 is 41.3 Å². The fourth-order valence-electron chi connectivity index (χ4n) is 3.74. The van der Waals surface area contributed by atoms with Crippen LogP contribution in [-0.4, -0.2) is 19.1 Å². The number of nitrogens with one attached hydrogen (secondary N) is 2. The lowest BCUT2D eigenvalue weighted by molar-refractivity contribution is -0.143. The number of hydrogen-bond donors (Lipinski definition) is 2. The van der Waals surface area contributed by atoms with Gasteiger partial charge in [-0.15, -0.1) is 0 Å². The lowest BCUT2D eigenvalue weighted by Gasteiger charge is -2.34. The van der Waals surface area contributed by atoms with Crippen LogP contribution in [0.1, 0.15) is 60.5 Å². The van der Waals surface area contributed by atoms with Crippen LogP contribution in [0.3, 0.4) is 0 Å². The molecule has 0 saturated carbocycles. The second-order valence-corrected chi connectivity index (χ2v) is 8.18. The smallest absolute Gasteiger partial charge is 0.416 e. The maximum atomic E-state index is 13.1. The van der Waals surface area contributed by atoms with Crippen molar-refractivity contribution in [3.05, 3.63) is 64.2 Å². The third-order valence-corrected chi connectivity index (χ3v) is 5.56. The molecule has 37 heavy (non-hydrogen) atoms. The van der Waals surface area contributed by atoms with Gasteiger partial charge in [0.25, 0.3) is 6.47 Å². The van der Waals surface area contributed by atoms with Crippen molar-refractivity contribution in [1.82, 2.24) is 5.32 Å². The average Bonchev–Trinajstić information content (AvgIpc) is 2.81. The maximum Gasteiger partial charge on any atom is 0.416 e. The number of carbonyl (C=O) groups is 1. The lowest BCUT2D eigenvalue weighted by Crippen LogP contribution is -2.34. The summed E-state index contributed by atoms with van der Waals surface area (Å²) in [5.41, 5.74) is -3.35. The Kier molecular flexibility index (Phi) is 9.86. The SMILES string of the molecule is CCC1CC(NCc2cc(C(F)(F)F)cc(C(F)(F)F)c2)c2cc(C(F)(F)F)ccc2N1.CCOC=O. The molecule has 0 aliphatic carbocycles. The van der Waals surface area contributed by atoms with E-state index in [1.54, 1.807) is 6.92 Å². The van der Waals surface area contributed by atoms with Crippen LogP contribution in [0.15, 0.2) is 36.4 Å². The summed E-state index contributed by atoms with van der Waals surface area (Å²) in [6.45, 7) is 4.13. The van der Waals surface area contributed by atoms with Crippen molar-refractivity contribution in [2.24, 2.45) is 0 Å². The third kappa shape index (κ3) is 8.54. The largest absolute Gasteiger partial charge is 0.468 e. The van der Waals surface area contributed by atoms with Crippen molar-refractivity contribution < 1.29 is 49.0 Å². The van der Waals surface area contributed by atoms with Crippen LogP contribution in [-0.2, 0) is 34.6 Å². The summed E-state index contributed by atoms with van der Waals surface area (Å²) in [4.78, 5) is 9.18. The number of anilines is 1. The molecule has 0 saturated heterocycles. The molecule has 4 nitrogen and oxygen atoms in total. The first-order valence-corrected chi connectivity index (χ1v) is 11.1. The molecule has 0 fully saturated rings. The van der Waals surface area contributed by atoms with Gasteiger partial charge in [0, 0.05) is 24.3 Å². The predicted molar refractivity (Wildman–Crippen MR) is 117 cm³/mol. The number of ether oxygens (including phenoxy) is 1. The molecule has 0 bridgehead atoms. The number of carbonyl (C=O) groups excluding carboxylic acids is 1. The summed E-state index contributed by atoms with van der Waals surface area (Å²) in [7, 11) is 0. The van der Waals surface area contributed by atoms with Gasteiger partial charge < -0.3 is 15.4 Å². The Morgan fingerprint density at radius 2 is 1.46 bits per heavy atom. The summed E-state index contributed by atoms with van der Waals surface area (Å²) >= 11 is 0. The number of fused-ring (bicyclic) bond motifs is 1. The first-order valence-electron chi connectivity index (χ1n) is 11.1. The molecular formula is C24H25F9N2O2. The molecule has 1 aliphatic rings. The van der Waals surface area contributed by atoms with Crippen LogP contribution in [0.25, 0.3) is 0 Å². The first-order chi connectivity index (χ1) is 17.1. The van der Waals surface area contributed by atoms with Crippen LogP contribution in [0.4, 0.5) is 45.2 Å². The average molecular weight is 544 g/mol. The second kappa shape index (κ2) is 12.1. The Balaban J connectivity index is 0.000000877. The highest BCUT2D eigenvalue weighted by Crippen LogP contribution is 2.39. The Hall–Kier alpha value is -2.96. The van der Waals surface area contributed by atoms with Crippen molar-refractivity contribution in [3.8, 4) is 0 Å². The summed E-state index contributed by atoms with van der Waals surface area (Å²) in [5, 5.41) is 5.96. The molecule has 0 amide bonds. The topological polar surface area (TPSA) is 50.4 Å². The van der Waals surface area contributed by atoms with Crippen molar-refractivity contribution in [2.45, 2.75) is 63.8 Å². The summed E-state index contributed by atoms with van der Waals surface area (Å²) in [6, 6.07) is 3.57. The Morgan fingerprint density at radius 3 is 1.89 bits per heavy atom. The highest BCUT2D eigenvalue weighted by Gasteiger charge is 2.37. The van der Waals surface area contributed by atoms with E-state index in [4.69, 9.17) is 0 Å². The molecular weight excluding hydrogens is 519 g/mol. The van der Waals surface area contributed by atoms with Crippen LogP contribution in [0, 0.1) is 0 Å². The maximum absolute atomic E-state index is 13.1. The number of halogens is 9. The Bertz CT molecular complexity index is 1020. The van der Waals surface area contributed by atoms with Gasteiger partial charge in [-0.25, -0.2) is 0 Å². The van der Waals surface area contributed by atoms with Crippen LogP contribution >= 0.6 is 0 Å². The van der Waals surface area contributed by atoms with Crippen LogP contribution < -0.4 is 10.6 Å². The molecule has 206 valence electrons. The number of alkyl halides is 9. The number of benzene rings is 2. The first kappa shape index (κ1) is 30.3. The van der Waals surface area contributed by atoms with Gasteiger partial charge in [-0.3, -0.25) is 4.79 Å². The zero-order chi connectivity index (χ0) is 28.0. The van der Waals surface area contributed by atoms with E-state index in [9.17, 15) is 44.3 Å². The van der Waals surface area contributed by atoms with E-state index in [1.807, 2.05) is 6.92 Å². The highest BCUT2D eigenvalue weighted by molar-refractivity contribution is 5.57. The zero-order valence-corrected chi connectivity index (χ0v) is 19.7. The van der Waals surface area contributed by atoms with Gasteiger partial charge in [0.15, 0.2) is 0 Å². The second-order valence-electron chi connectivity index (χ2n) is 8.18. The Labute approximate surface area is 207 Å². The van der Waals surface area contributed by atoms with Gasteiger partial charge >= 0.3 is 18.5 Å². The van der Waals surface area contributed by atoms with E-state index in [1.165, 1.54) is 6.07 Å². The summed E-state index contributed by atoms with van der Waals surface area (Å²) in [6.07, 6.45) is -13.6. The quantitative estimate of drug-likeness (QED) is 0.295. The van der Waals surface area contributed by atoms with E-state index in [0.717, 1.165) is 12.1 Å². The predicted octanol–water partition coefficient (Wildman–Crippen LogP) is 7.35. The molecule has 2 N–H and O–H groups in total. The van der Waals surface area contributed by atoms with Gasteiger partial charge in [-0.1, -0.05) is 6.92 Å². The summed E-state index contributed by atoms with van der Waals surface area (Å²) in [5.74, 6) is 0. The van der Waals surface area contributed by atoms with Gasteiger partial charge in [0.1, 0.15) is 0 Å². The molecule has 2 aromatic carbocycles. The van der Waals surface area contributed by atoms with Crippen molar-refractivity contribution in [3.63, 3.8) is 0 Å². The van der Waals surface area contributed by atoms with E-state index in [-0.39, 0.29) is 29.8 Å². The molecule has 1 aliphatic heterocycles. The van der Waals surface area contributed by atoms with Crippen LogP contribution in [0.5, 0.6) is 0 Å².